The first kappa shape index (κ1) is 12.6. The van der Waals surface area contributed by atoms with Crippen LogP contribution >= 0.6 is 0 Å². The lowest BCUT2D eigenvalue weighted by atomic mass is 9.77. The fourth-order valence-electron chi connectivity index (χ4n) is 2.53. The SMILES string of the molecule is CC1(c2ccc(O)cc2)C(=O)Nc2c1ccc(F)c2F. The van der Waals surface area contributed by atoms with Crippen molar-refractivity contribution < 1.29 is 18.7 Å². The molecule has 3 rings (SSSR count). The predicted molar refractivity (Wildman–Crippen MR) is 69.5 cm³/mol. The number of benzene rings is 2. The Bertz CT molecular complexity index is 713. The highest BCUT2D eigenvalue weighted by Crippen LogP contribution is 2.44. The van der Waals surface area contributed by atoms with Gasteiger partial charge in [-0.3, -0.25) is 4.79 Å². The minimum Gasteiger partial charge on any atom is -0.508 e. The average molecular weight is 275 g/mol. The zero-order valence-corrected chi connectivity index (χ0v) is 10.6. The molecule has 0 bridgehead atoms. The van der Waals surface area contributed by atoms with Gasteiger partial charge in [0.05, 0.1) is 11.1 Å². The summed E-state index contributed by atoms with van der Waals surface area (Å²) in [4.78, 5) is 12.2. The van der Waals surface area contributed by atoms with Crippen LogP contribution in [0.15, 0.2) is 36.4 Å². The van der Waals surface area contributed by atoms with Crippen LogP contribution in [0, 0.1) is 11.6 Å². The van der Waals surface area contributed by atoms with E-state index in [4.69, 9.17) is 0 Å². The Morgan fingerprint density at radius 1 is 1.10 bits per heavy atom. The van der Waals surface area contributed by atoms with Crippen molar-refractivity contribution in [3.8, 4) is 5.75 Å². The molecule has 2 aromatic carbocycles. The van der Waals surface area contributed by atoms with E-state index in [1.165, 1.54) is 18.2 Å². The lowest BCUT2D eigenvalue weighted by Crippen LogP contribution is -2.32. The van der Waals surface area contributed by atoms with Crippen LogP contribution in [0.2, 0.25) is 0 Å². The van der Waals surface area contributed by atoms with Crippen molar-refractivity contribution in [1.82, 2.24) is 0 Å². The molecule has 1 heterocycles. The van der Waals surface area contributed by atoms with Gasteiger partial charge in [-0.05, 0) is 36.2 Å². The van der Waals surface area contributed by atoms with Crippen LogP contribution in [0.1, 0.15) is 18.1 Å². The molecule has 0 radical (unpaired) electrons. The van der Waals surface area contributed by atoms with E-state index in [-0.39, 0.29) is 11.4 Å². The Kier molecular flexibility index (Phi) is 2.54. The summed E-state index contributed by atoms with van der Waals surface area (Å²) in [7, 11) is 0. The van der Waals surface area contributed by atoms with Crippen molar-refractivity contribution in [2.45, 2.75) is 12.3 Å². The van der Waals surface area contributed by atoms with Crippen LogP contribution in [0.3, 0.4) is 0 Å². The first-order chi connectivity index (χ1) is 9.44. The second kappa shape index (κ2) is 4.03. The summed E-state index contributed by atoms with van der Waals surface area (Å²) in [5.74, 6) is -2.42. The smallest absolute Gasteiger partial charge is 0.239 e. The number of amides is 1. The Morgan fingerprint density at radius 2 is 1.75 bits per heavy atom. The van der Waals surface area contributed by atoms with Crippen LogP contribution in [0.25, 0.3) is 0 Å². The minimum atomic E-state index is -1.11. The molecule has 0 saturated carbocycles. The van der Waals surface area contributed by atoms with Crippen LogP contribution in [0.4, 0.5) is 14.5 Å². The zero-order chi connectivity index (χ0) is 14.5. The molecule has 1 aliphatic heterocycles. The Labute approximate surface area is 113 Å². The van der Waals surface area contributed by atoms with Gasteiger partial charge in [-0.15, -0.1) is 0 Å². The molecule has 0 saturated heterocycles. The van der Waals surface area contributed by atoms with E-state index < -0.39 is 23.0 Å². The molecular formula is C15H11F2NO2. The summed E-state index contributed by atoms with van der Waals surface area (Å²) in [5.41, 5.74) is -0.257. The van der Waals surface area contributed by atoms with Crippen LogP contribution in [0.5, 0.6) is 5.75 Å². The first-order valence-electron chi connectivity index (χ1n) is 6.04. The van der Waals surface area contributed by atoms with Gasteiger partial charge in [0, 0.05) is 0 Å². The Balaban J connectivity index is 2.23. The maximum atomic E-state index is 13.8. The maximum absolute atomic E-state index is 13.8. The molecule has 1 amide bonds. The van der Waals surface area contributed by atoms with E-state index in [1.807, 2.05) is 0 Å². The molecule has 0 aliphatic carbocycles. The second-order valence-electron chi connectivity index (χ2n) is 4.91. The fourth-order valence-corrected chi connectivity index (χ4v) is 2.53. The van der Waals surface area contributed by atoms with Gasteiger partial charge in [-0.1, -0.05) is 18.2 Å². The summed E-state index contributed by atoms with van der Waals surface area (Å²) >= 11 is 0. The van der Waals surface area contributed by atoms with Gasteiger partial charge in [-0.2, -0.15) is 0 Å². The lowest BCUT2D eigenvalue weighted by Gasteiger charge is -2.22. The van der Waals surface area contributed by atoms with Crippen molar-refractivity contribution in [1.29, 1.82) is 0 Å². The zero-order valence-electron chi connectivity index (χ0n) is 10.6. The molecule has 3 nitrogen and oxygen atoms in total. The maximum Gasteiger partial charge on any atom is 0.239 e. The summed E-state index contributed by atoms with van der Waals surface area (Å²) in [5, 5.41) is 11.7. The standard InChI is InChI=1S/C15H11F2NO2/c1-15(8-2-4-9(19)5-3-8)10-6-7-11(16)12(17)13(10)18-14(15)20/h2-7,19H,1H3,(H,18,20). The van der Waals surface area contributed by atoms with Crippen molar-refractivity contribution in [3.05, 3.63) is 59.2 Å². The van der Waals surface area contributed by atoms with Gasteiger partial charge in [-0.25, -0.2) is 8.78 Å². The van der Waals surface area contributed by atoms with Crippen molar-refractivity contribution in [3.63, 3.8) is 0 Å². The van der Waals surface area contributed by atoms with Gasteiger partial charge in [0.2, 0.25) is 5.91 Å². The highest BCUT2D eigenvalue weighted by atomic mass is 19.2. The van der Waals surface area contributed by atoms with E-state index >= 15 is 0 Å². The second-order valence-corrected chi connectivity index (χ2v) is 4.91. The number of carbonyl (C=O) groups is 1. The van der Waals surface area contributed by atoms with Crippen molar-refractivity contribution in [2.24, 2.45) is 0 Å². The van der Waals surface area contributed by atoms with Crippen molar-refractivity contribution in [2.75, 3.05) is 5.32 Å². The van der Waals surface area contributed by atoms with Gasteiger partial charge in [0.1, 0.15) is 5.75 Å². The summed E-state index contributed by atoms with van der Waals surface area (Å²) in [6, 6.07) is 8.49. The van der Waals surface area contributed by atoms with Gasteiger partial charge in [0.25, 0.3) is 0 Å². The molecule has 2 N–H and O–H groups in total. The highest BCUT2D eigenvalue weighted by Gasteiger charge is 2.45. The van der Waals surface area contributed by atoms with E-state index in [2.05, 4.69) is 5.32 Å². The molecule has 2 aromatic rings. The number of phenolic OH excluding ortho intramolecular Hbond substituents is 1. The molecule has 5 heteroatoms. The van der Waals surface area contributed by atoms with E-state index in [0.717, 1.165) is 6.07 Å². The number of phenols is 1. The molecule has 1 atom stereocenters. The highest BCUT2D eigenvalue weighted by molar-refractivity contribution is 6.08. The fraction of sp³-hybridized carbons (Fsp3) is 0.133. The minimum absolute atomic E-state index is 0.0706. The third-order valence-electron chi connectivity index (χ3n) is 3.77. The number of carbonyl (C=O) groups excluding carboxylic acids is 1. The summed E-state index contributed by atoms with van der Waals surface area (Å²) in [6.45, 7) is 1.64. The molecule has 102 valence electrons. The molecule has 0 spiro atoms. The Hall–Kier alpha value is -2.43. The van der Waals surface area contributed by atoms with Gasteiger partial charge in [0.15, 0.2) is 11.6 Å². The lowest BCUT2D eigenvalue weighted by molar-refractivity contribution is -0.119. The average Bonchev–Trinajstić information content (AvgIpc) is 2.69. The number of rotatable bonds is 1. The number of nitrogens with one attached hydrogen (secondary N) is 1. The molecular weight excluding hydrogens is 264 g/mol. The molecule has 0 fully saturated rings. The molecule has 0 aromatic heterocycles. The normalized spacial score (nSPS) is 20.6. The van der Waals surface area contributed by atoms with Crippen LogP contribution in [-0.4, -0.2) is 11.0 Å². The van der Waals surface area contributed by atoms with Crippen LogP contribution in [-0.2, 0) is 10.2 Å². The van der Waals surface area contributed by atoms with E-state index in [9.17, 15) is 18.7 Å². The van der Waals surface area contributed by atoms with Crippen LogP contribution < -0.4 is 5.32 Å². The number of fused-ring (bicyclic) bond motifs is 1. The third kappa shape index (κ3) is 1.52. The Morgan fingerprint density at radius 3 is 2.40 bits per heavy atom. The number of hydrogen-bond acceptors (Lipinski definition) is 2. The molecule has 20 heavy (non-hydrogen) atoms. The van der Waals surface area contributed by atoms with Crippen molar-refractivity contribution >= 4 is 11.6 Å². The largest absolute Gasteiger partial charge is 0.508 e. The first-order valence-corrected chi connectivity index (χ1v) is 6.04. The van der Waals surface area contributed by atoms with Gasteiger partial charge < -0.3 is 10.4 Å². The van der Waals surface area contributed by atoms with E-state index in [0.29, 0.717) is 11.1 Å². The number of hydrogen-bond donors (Lipinski definition) is 2. The van der Waals surface area contributed by atoms with E-state index in [1.54, 1.807) is 19.1 Å². The third-order valence-corrected chi connectivity index (χ3v) is 3.77. The molecule has 1 aliphatic rings. The molecule has 1 unspecified atom stereocenters. The topological polar surface area (TPSA) is 49.3 Å². The number of halogens is 2. The number of anilines is 1. The summed E-state index contributed by atoms with van der Waals surface area (Å²) in [6.07, 6.45) is 0. The predicted octanol–water partition coefficient (Wildman–Crippen LogP) is 2.93. The number of aromatic hydroxyl groups is 1. The van der Waals surface area contributed by atoms with Gasteiger partial charge >= 0.3 is 0 Å². The monoisotopic (exact) mass is 275 g/mol. The quantitative estimate of drug-likeness (QED) is 0.840. The summed E-state index contributed by atoms with van der Waals surface area (Å²) < 4.78 is 27.0.